The fourth-order valence-corrected chi connectivity index (χ4v) is 2.26. The van der Waals surface area contributed by atoms with Gasteiger partial charge < -0.3 is 10.1 Å². The number of aryl methyl sites for hydroxylation is 1. The summed E-state index contributed by atoms with van der Waals surface area (Å²) >= 11 is 0. The zero-order chi connectivity index (χ0) is 14.5. The summed E-state index contributed by atoms with van der Waals surface area (Å²) in [5.74, 6) is 1.41. The van der Waals surface area contributed by atoms with Gasteiger partial charge >= 0.3 is 0 Å². The fraction of sp³-hybridized carbons (Fsp3) is 0.471. The molecule has 0 aliphatic carbocycles. The Hall–Kier alpha value is -1.61. The van der Waals surface area contributed by atoms with Crippen LogP contribution in [0.2, 0.25) is 0 Å². The lowest BCUT2D eigenvalue weighted by molar-refractivity contribution is 0.234. The Morgan fingerprint density at radius 1 is 1.20 bits per heavy atom. The first-order valence-electron chi connectivity index (χ1n) is 7.34. The minimum Gasteiger partial charge on any atom is -0.490 e. The molecule has 0 saturated heterocycles. The maximum atomic E-state index is 6.03. The van der Waals surface area contributed by atoms with Crippen molar-refractivity contribution >= 4 is 10.9 Å². The second-order valence-electron chi connectivity index (χ2n) is 5.50. The first kappa shape index (κ1) is 14.8. The lowest BCUT2D eigenvalue weighted by Crippen LogP contribution is -2.38. The van der Waals surface area contributed by atoms with Crippen LogP contribution in [0.4, 0.5) is 0 Å². The van der Waals surface area contributed by atoms with E-state index in [-0.39, 0.29) is 0 Å². The SMILES string of the molecule is CCNC(COc1cccc2ccc(C)nc12)C(C)C. The highest BCUT2D eigenvalue weighted by molar-refractivity contribution is 5.84. The third kappa shape index (κ3) is 3.48. The van der Waals surface area contributed by atoms with Gasteiger partial charge in [-0.3, -0.25) is 0 Å². The Balaban J connectivity index is 2.18. The first-order valence-corrected chi connectivity index (χ1v) is 7.34. The summed E-state index contributed by atoms with van der Waals surface area (Å²) in [6.45, 7) is 10.2. The van der Waals surface area contributed by atoms with Crippen LogP contribution in [0.5, 0.6) is 5.75 Å². The monoisotopic (exact) mass is 272 g/mol. The van der Waals surface area contributed by atoms with Crippen LogP contribution in [0.15, 0.2) is 30.3 Å². The number of hydrogen-bond donors (Lipinski definition) is 1. The Morgan fingerprint density at radius 3 is 2.70 bits per heavy atom. The molecule has 1 atom stereocenters. The Labute approximate surface area is 121 Å². The number of hydrogen-bond acceptors (Lipinski definition) is 3. The van der Waals surface area contributed by atoms with E-state index in [1.165, 1.54) is 0 Å². The number of pyridine rings is 1. The number of benzene rings is 1. The Bertz CT molecular complexity index is 566. The van der Waals surface area contributed by atoms with Crippen molar-refractivity contribution in [2.75, 3.05) is 13.2 Å². The molecule has 108 valence electrons. The van der Waals surface area contributed by atoms with E-state index >= 15 is 0 Å². The predicted molar refractivity (Wildman–Crippen MR) is 84.3 cm³/mol. The largest absolute Gasteiger partial charge is 0.490 e. The van der Waals surface area contributed by atoms with E-state index in [1.54, 1.807) is 0 Å². The normalized spacial score (nSPS) is 12.8. The maximum Gasteiger partial charge on any atom is 0.145 e. The van der Waals surface area contributed by atoms with Gasteiger partial charge in [-0.25, -0.2) is 4.98 Å². The van der Waals surface area contributed by atoms with Crippen LogP contribution in [0.3, 0.4) is 0 Å². The summed E-state index contributed by atoms with van der Waals surface area (Å²) in [6, 6.07) is 10.6. The van der Waals surface area contributed by atoms with Gasteiger partial charge in [0.1, 0.15) is 17.9 Å². The van der Waals surface area contributed by atoms with E-state index in [0.717, 1.165) is 28.9 Å². The average Bonchev–Trinajstić information content (AvgIpc) is 2.43. The topological polar surface area (TPSA) is 34.1 Å². The first-order chi connectivity index (χ1) is 9.61. The minimum absolute atomic E-state index is 0.361. The zero-order valence-corrected chi connectivity index (χ0v) is 12.8. The van der Waals surface area contributed by atoms with Crippen molar-refractivity contribution in [3.8, 4) is 5.75 Å². The molecule has 1 aromatic heterocycles. The molecule has 1 aromatic carbocycles. The number of nitrogens with zero attached hydrogens (tertiary/aromatic N) is 1. The molecule has 0 radical (unpaired) electrons. The smallest absolute Gasteiger partial charge is 0.145 e. The molecule has 0 spiro atoms. The molecule has 0 aliphatic heterocycles. The zero-order valence-electron chi connectivity index (χ0n) is 12.8. The van der Waals surface area contributed by atoms with E-state index in [9.17, 15) is 0 Å². The number of aromatic nitrogens is 1. The minimum atomic E-state index is 0.361. The predicted octanol–water partition coefficient (Wildman–Crippen LogP) is 3.56. The van der Waals surface area contributed by atoms with Crippen molar-refractivity contribution in [3.05, 3.63) is 36.0 Å². The molecule has 3 nitrogen and oxygen atoms in total. The fourth-order valence-electron chi connectivity index (χ4n) is 2.26. The van der Waals surface area contributed by atoms with E-state index in [2.05, 4.69) is 43.2 Å². The number of fused-ring (bicyclic) bond motifs is 1. The van der Waals surface area contributed by atoms with Crippen molar-refractivity contribution in [1.29, 1.82) is 0 Å². The molecule has 0 saturated carbocycles. The lowest BCUT2D eigenvalue weighted by Gasteiger charge is -2.22. The van der Waals surface area contributed by atoms with E-state index in [4.69, 9.17) is 4.74 Å². The van der Waals surface area contributed by atoms with E-state index in [0.29, 0.717) is 18.6 Å². The van der Waals surface area contributed by atoms with E-state index in [1.807, 2.05) is 25.1 Å². The van der Waals surface area contributed by atoms with Crippen LogP contribution in [-0.2, 0) is 0 Å². The molecule has 3 heteroatoms. The number of para-hydroxylation sites is 1. The summed E-state index contributed by atoms with van der Waals surface area (Å²) in [5, 5.41) is 4.59. The van der Waals surface area contributed by atoms with Crippen molar-refractivity contribution in [2.24, 2.45) is 5.92 Å². The van der Waals surface area contributed by atoms with Gasteiger partial charge in [0.25, 0.3) is 0 Å². The van der Waals surface area contributed by atoms with Gasteiger partial charge in [-0.2, -0.15) is 0 Å². The number of ether oxygens (including phenoxy) is 1. The molecule has 1 unspecified atom stereocenters. The van der Waals surface area contributed by atoms with Gasteiger partial charge in [-0.1, -0.05) is 39.0 Å². The molecule has 0 amide bonds. The van der Waals surface area contributed by atoms with Gasteiger partial charge in [-0.05, 0) is 31.5 Å². The Kier molecular flexibility index (Phi) is 4.96. The summed E-state index contributed by atoms with van der Waals surface area (Å²) in [4.78, 5) is 4.60. The van der Waals surface area contributed by atoms with Gasteiger partial charge in [0, 0.05) is 17.1 Å². The molecule has 20 heavy (non-hydrogen) atoms. The molecular formula is C17H24N2O. The van der Waals surface area contributed by atoms with Crippen LogP contribution in [0, 0.1) is 12.8 Å². The molecule has 1 heterocycles. The highest BCUT2D eigenvalue weighted by atomic mass is 16.5. The lowest BCUT2D eigenvalue weighted by atomic mass is 10.1. The van der Waals surface area contributed by atoms with Crippen LogP contribution in [0.25, 0.3) is 10.9 Å². The second-order valence-corrected chi connectivity index (χ2v) is 5.50. The van der Waals surface area contributed by atoms with Gasteiger partial charge in [0.15, 0.2) is 0 Å². The van der Waals surface area contributed by atoms with Gasteiger partial charge in [0.05, 0.1) is 0 Å². The summed E-state index contributed by atoms with van der Waals surface area (Å²) < 4.78 is 6.03. The van der Waals surface area contributed by atoms with Crippen LogP contribution < -0.4 is 10.1 Å². The summed E-state index contributed by atoms with van der Waals surface area (Å²) in [5.41, 5.74) is 1.96. The van der Waals surface area contributed by atoms with Crippen LogP contribution in [0.1, 0.15) is 26.5 Å². The highest BCUT2D eigenvalue weighted by Crippen LogP contribution is 2.24. The molecule has 2 aromatic rings. The van der Waals surface area contributed by atoms with Crippen molar-refractivity contribution < 1.29 is 4.74 Å². The van der Waals surface area contributed by atoms with Gasteiger partial charge in [-0.15, -0.1) is 0 Å². The third-order valence-corrected chi connectivity index (χ3v) is 3.51. The molecule has 0 fully saturated rings. The standard InChI is InChI=1S/C17H24N2O/c1-5-18-15(12(2)3)11-20-16-8-6-7-14-10-9-13(4)19-17(14)16/h6-10,12,15,18H,5,11H2,1-4H3. The van der Waals surface area contributed by atoms with Crippen molar-refractivity contribution in [3.63, 3.8) is 0 Å². The summed E-state index contributed by atoms with van der Waals surface area (Å²) in [7, 11) is 0. The molecule has 0 aliphatic rings. The molecular weight excluding hydrogens is 248 g/mol. The highest BCUT2D eigenvalue weighted by Gasteiger charge is 2.13. The van der Waals surface area contributed by atoms with E-state index < -0.39 is 0 Å². The number of rotatable bonds is 6. The maximum absolute atomic E-state index is 6.03. The second kappa shape index (κ2) is 6.71. The third-order valence-electron chi connectivity index (χ3n) is 3.51. The average molecular weight is 272 g/mol. The molecule has 1 N–H and O–H groups in total. The summed E-state index contributed by atoms with van der Waals surface area (Å²) in [6.07, 6.45) is 0. The van der Waals surface area contributed by atoms with Crippen LogP contribution >= 0.6 is 0 Å². The molecule has 2 rings (SSSR count). The number of likely N-dealkylation sites (N-methyl/N-ethyl adjacent to an activating group) is 1. The van der Waals surface area contributed by atoms with Gasteiger partial charge in [0.2, 0.25) is 0 Å². The van der Waals surface area contributed by atoms with Crippen LogP contribution in [-0.4, -0.2) is 24.2 Å². The number of nitrogens with one attached hydrogen (secondary N) is 1. The quantitative estimate of drug-likeness (QED) is 0.873. The van der Waals surface area contributed by atoms with Crippen molar-refractivity contribution in [1.82, 2.24) is 10.3 Å². The van der Waals surface area contributed by atoms with Crippen molar-refractivity contribution in [2.45, 2.75) is 33.7 Å². The Morgan fingerprint density at radius 2 is 2.00 bits per heavy atom. The molecule has 0 bridgehead atoms.